The molecule has 0 aromatic heterocycles. The minimum absolute atomic E-state index is 0.140. The third-order valence-corrected chi connectivity index (χ3v) is 2.49. The Morgan fingerprint density at radius 1 is 0.778 bits per heavy atom. The highest BCUT2D eigenvalue weighted by Crippen LogP contribution is 2.47. The topological polar surface area (TPSA) is 150 Å². The quantitative estimate of drug-likeness (QED) is 0.639. The predicted molar refractivity (Wildman–Crippen MR) is 57.5 cm³/mol. The van der Waals surface area contributed by atoms with Crippen molar-refractivity contribution in [3.63, 3.8) is 0 Å². The minimum atomic E-state index is -1.31. The number of nitro benzene ring substituents is 3. The Kier molecular flexibility index (Phi) is 3.13. The second-order valence-electron chi connectivity index (χ2n) is 3.42. The summed E-state index contributed by atoms with van der Waals surface area (Å²) in [6.45, 7) is 2.37. The third-order valence-electron chi connectivity index (χ3n) is 2.49. The van der Waals surface area contributed by atoms with Gasteiger partial charge >= 0.3 is 17.1 Å². The maximum Gasteiger partial charge on any atom is 0.426 e. The molecule has 0 aliphatic heterocycles. The molecule has 10 heteroatoms. The van der Waals surface area contributed by atoms with E-state index in [0.29, 0.717) is 0 Å². The van der Waals surface area contributed by atoms with Gasteiger partial charge in [0.2, 0.25) is 5.75 Å². The lowest BCUT2D eigenvalue weighted by atomic mass is 10.0. The van der Waals surface area contributed by atoms with Crippen LogP contribution in [0.15, 0.2) is 0 Å². The number of benzene rings is 1. The monoisotopic (exact) mass is 257 g/mol. The summed E-state index contributed by atoms with van der Waals surface area (Å²) in [5.74, 6) is -0.935. The van der Waals surface area contributed by atoms with Gasteiger partial charge in [0.05, 0.1) is 14.8 Å². The van der Waals surface area contributed by atoms with E-state index in [0.717, 1.165) is 0 Å². The summed E-state index contributed by atoms with van der Waals surface area (Å²) in [4.78, 5) is 28.7. The molecule has 1 N–H and O–H groups in total. The summed E-state index contributed by atoms with van der Waals surface area (Å²) in [6, 6.07) is 0. The highest BCUT2D eigenvalue weighted by molar-refractivity contribution is 5.77. The number of hydrogen-bond donors (Lipinski definition) is 1. The zero-order chi connectivity index (χ0) is 14.2. The van der Waals surface area contributed by atoms with Crippen molar-refractivity contribution in [3.05, 3.63) is 41.5 Å². The second-order valence-corrected chi connectivity index (χ2v) is 3.42. The van der Waals surface area contributed by atoms with Crippen molar-refractivity contribution < 1.29 is 19.9 Å². The zero-order valence-corrected chi connectivity index (χ0v) is 9.24. The molecule has 0 bridgehead atoms. The fourth-order valence-electron chi connectivity index (χ4n) is 1.50. The maximum atomic E-state index is 10.8. The van der Waals surface area contributed by atoms with Crippen LogP contribution in [0.25, 0.3) is 0 Å². The van der Waals surface area contributed by atoms with Crippen molar-refractivity contribution in [2.45, 2.75) is 13.8 Å². The van der Waals surface area contributed by atoms with E-state index in [1.165, 1.54) is 13.8 Å². The Balaban J connectivity index is 3.99. The van der Waals surface area contributed by atoms with Crippen LogP contribution < -0.4 is 0 Å². The lowest BCUT2D eigenvalue weighted by molar-refractivity contribution is -0.441. The Labute approximate surface area is 98.9 Å². The molecule has 0 spiro atoms. The van der Waals surface area contributed by atoms with Crippen molar-refractivity contribution in [2.24, 2.45) is 0 Å². The smallest absolute Gasteiger partial charge is 0.426 e. The first kappa shape index (κ1) is 13.3. The van der Waals surface area contributed by atoms with Gasteiger partial charge in [-0.1, -0.05) is 0 Å². The van der Waals surface area contributed by atoms with Crippen molar-refractivity contribution in [1.29, 1.82) is 0 Å². The second kappa shape index (κ2) is 4.24. The van der Waals surface area contributed by atoms with Gasteiger partial charge in [0, 0.05) is 11.1 Å². The van der Waals surface area contributed by atoms with Crippen molar-refractivity contribution >= 4 is 17.1 Å². The lowest BCUT2D eigenvalue weighted by Crippen LogP contribution is -2.05. The molecule has 0 amide bonds. The van der Waals surface area contributed by atoms with E-state index in [1.54, 1.807) is 0 Å². The van der Waals surface area contributed by atoms with Crippen LogP contribution in [0.2, 0.25) is 0 Å². The summed E-state index contributed by atoms with van der Waals surface area (Å²) >= 11 is 0. The molecule has 10 nitrogen and oxygen atoms in total. The molecule has 0 heterocycles. The van der Waals surface area contributed by atoms with Crippen LogP contribution in [0.1, 0.15) is 11.1 Å². The highest BCUT2D eigenvalue weighted by Gasteiger charge is 2.42. The number of rotatable bonds is 3. The molecular weight excluding hydrogens is 250 g/mol. The molecule has 0 unspecified atom stereocenters. The summed E-state index contributed by atoms with van der Waals surface area (Å²) in [7, 11) is 0. The van der Waals surface area contributed by atoms with Crippen LogP contribution in [-0.2, 0) is 0 Å². The number of aromatic hydroxyl groups is 1. The molecule has 0 saturated carbocycles. The average molecular weight is 257 g/mol. The van der Waals surface area contributed by atoms with Crippen LogP contribution in [0.4, 0.5) is 17.1 Å². The van der Waals surface area contributed by atoms with Gasteiger partial charge in [-0.15, -0.1) is 0 Å². The van der Waals surface area contributed by atoms with Crippen molar-refractivity contribution in [2.75, 3.05) is 0 Å². The van der Waals surface area contributed by atoms with Gasteiger partial charge in [0.1, 0.15) is 0 Å². The van der Waals surface area contributed by atoms with Crippen LogP contribution in [0, 0.1) is 44.2 Å². The van der Waals surface area contributed by atoms with Gasteiger partial charge < -0.3 is 5.11 Å². The van der Waals surface area contributed by atoms with E-state index in [4.69, 9.17) is 0 Å². The molecule has 0 radical (unpaired) electrons. The molecule has 96 valence electrons. The van der Waals surface area contributed by atoms with Gasteiger partial charge in [-0.25, -0.2) is 0 Å². The van der Waals surface area contributed by atoms with Gasteiger partial charge in [-0.2, -0.15) is 0 Å². The van der Waals surface area contributed by atoms with E-state index in [-0.39, 0.29) is 11.1 Å². The number of nitro groups is 3. The number of nitrogens with zero attached hydrogens (tertiary/aromatic N) is 3. The van der Waals surface area contributed by atoms with Gasteiger partial charge in [0.25, 0.3) is 0 Å². The average Bonchev–Trinajstić information content (AvgIpc) is 2.23. The van der Waals surface area contributed by atoms with E-state index in [2.05, 4.69) is 0 Å². The molecule has 18 heavy (non-hydrogen) atoms. The number of hydrogen-bond acceptors (Lipinski definition) is 7. The van der Waals surface area contributed by atoms with Crippen molar-refractivity contribution in [1.82, 2.24) is 0 Å². The molecule has 1 rings (SSSR count). The fraction of sp³-hybridized carbons (Fsp3) is 0.250. The first-order valence-corrected chi connectivity index (χ1v) is 4.49. The van der Waals surface area contributed by atoms with Crippen LogP contribution in [0.3, 0.4) is 0 Å². The Morgan fingerprint density at radius 3 is 1.50 bits per heavy atom. The summed E-state index contributed by atoms with van der Waals surface area (Å²) < 4.78 is 0. The Hall–Kier alpha value is -2.78. The summed E-state index contributed by atoms with van der Waals surface area (Å²) in [5.41, 5.74) is -3.89. The lowest BCUT2D eigenvalue weighted by Gasteiger charge is -2.05. The van der Waals surface area contributed by atoms with Gasteiger partial charge in [-0.3, -0.25) is 30.3 Å². The van der Waals surface area contributed by atoms with Gasteiger partial charge in [0.15, 0.2) is 0 Å². The normalized spacial score (nSPS) is 10.1. The van der Waals surface area contributed by atoms with Crippen LogP contribution in [-0.4, -0.2) is 19.9 Å². The standard InChI is InChI=1S/C8H7N3O7/c1-3-4(2)8(12)7(11(17)18)6(10(15)16)5(3)9(13)14/h12H,1-2H3. The van der Waals surface area contributed by atoms with Gasteiger partial charge in [-0.05, 0) is 13.8 Å². The number of phenolic OH excluding ortho intramolecular Hbond substituents is 1. The third kappa shape index (κ3) is 1.79. The predicted octanol–water partition coefficient (Wildman–Crippen LogP) is 1.73. The van der Waals surface area contributed by atoms with E-state index < -0.39 is 37.6 Å². The summed E-state index contributed by atoms with van der Waals surface area (Å²) in [5, 5.41) is 41.8. The number of phenols is 1. The van der Waals surface area contributed by atoms with Crippen molar-refractivity contribution in [3.8, 4) is 5.75 Å². The Morgan fingerprint density at radius 2 is 1.17 bits per heavy atom. The van der Waals surface area contributed by atoms with Crippen LogP contribution in [0.5, 0.6) is 5.75 Å². The highest BCUT2D eigenvalue weighted by atomic mass is 16.6. The molecule has 0 atom stereocenters. The van der Waals surface area contributed by atoms with E-state index >= 15 is 0 Å². The first-order valence-electron chi connectivity index (χ1n) is 4.49. The summed E-state index contributed by atoms with van der Waals surface area (Å²) in [6.07, 6.45) is 0. The molecule has 0 fully saturated rings. The molecule has 0 saturated heterocycles. The molecule has 1 aromatic carbocycles. The first-order chi connectivity index (χ1) is 8.20. The molecular formula is C8H7N3O7. The maximum absolute atomic E-state index is 10.8. The van der Waals surface area contributed by atoms with E-state index in [9.17, 15) is 35.4 Å². The molecule has 0 aliphatic carbocycles. The zero-order valence-electron chi connectivity index (χ0n) is 9.24. The molecule has 0 aliphatic rings. The molecule has 1 aromatic rings. The largest absolute Gasteiger partial charge is 0.502 e. The fourth-order valence-corrected chi connectivity index (χ4v) is 1.50. The Bertz CT molecular complexity index is 540. The van der Waals surface area contributed by atoms with E-state index in [1.807, 2.05) is 0 Å². The minimum Gasteiger partial charge on any atom is -0.502 e. The SMILES string of the molecule is Cc1c(C)c([N+](=O)[O-])c([N+](=O)[O-])c([N+](=O)[O-])c1O. The van der Waals surface area contributed by atoms with Crippen LogP contribution >= 0.6 is 0 Å².